The molecule has 8 heteroatoms. The molecule has 0 aromatic heterocycles. The number of alkyl carbamates (subject to hydrolysis) is 1. The second kappa shape index (κ2) is 11.2. The Balaban J connectivity index is 1.89. The minimum absolute atomic E-state index is 0.0140. The van der Waals surface area contributed by atoms with Crippen LogP contribution in [0.2, 0.25) is 0 Å². The molecule has 0 saturated carbocycles. The van der Waals surface area contributed by atoms with Crippen molar-refractivity contribution in [3.8, 4) is 0 Å². The van der Waals surface area contributed by atoms with Gasteiger partial charge >= 0.3 is 18.0 Å². The van der Waals surface area contributed by atoms with E-state index < -0.39 is 36.5 Å². The van der Waals surface area contributed by atoms with Gasteiger partial charge in [-0.25, -0.2) is 9.59 Å². The van der Waals surface area contributed by atoms with Gasteiger partial charge in [0.15, 0.2) is 12.4 Å². The molecular formula is C21H21NO7. The molecule has 1 amide bonds. The molecule has 8 nitrogen and oxygen atoms in total. The van der Waals surface area contributed by atoms with Gasteiger partial charge in [-0.05, 0) is 12.0 Å². The number of carbonyl (C=O) groups excluding carboxylic acids is 3. The molecule has 0 unspecified atom stereocenters. The van der Waals surface area contributed by atoms with E-state index in [4.69, 9.17) is 14.6 Å². The first-order chi connectivity index (χ1) is 14.0. The summed E-state index contributed by atoms with van der Waals surface area (Å²) in [5.41, 5.74) is 1.12. The molecule has 0 heterocycles. The maximum atomic E-state index is 12.3. The van der Waals surface area contributed by atoms with Crippen molar-refractivity contribution in [3.63, 3.8) is 0 Å². The number of ether oxygens (including phenoxy) is 2. The monoisotopic (exact) mass is 399 g/mol. The Labute approximate surface area is 167 Å². The van der Waals surface area contributed by atoms with E-state index in [1.165, 1.54) is 0 Å². The van der Waals surface area contributed by atoms with Crippen LogP contribution >= 0.6 is 0 Å². The molecule has 2 rings (SSSR count). The highest BCUT2D eigenvalue weighted by Crippen LogP contribution is 2.06. The molecule has 2 N–H and O–H groups in total. The van der Waals surface area contributed by atoms with Crippen molar-refractivity contribution in [2.45, 2.75) is 25.5 Å². The van der Waals surface area contributed by atoms with E-state index in [0.29, 0.717) is 5.56 Å². The number of amides is 1. The van der Waals surface area contributed by atoms with Crippen LogP contribution in [0, 0.1) is 0 Å². The summed E-state index contributed by atoms with van der Waals surface area (Å²) in [5.74, 6) is -2.46. The van der Waals surface area contributed by atoms with E-state index in [1.54, 1.807) is 54.6 Å². The third-order valence-electron chi connectivity index (χ3n) is 3.88. The number of hydrogen-bond donors (Lipinski definition) is 2. The van der Waals surface area contributed by atoms with Gasteiger partial charge in [0, 0.05) is 12.0 Å². The molecule has 0 radical (unpaired) electrons. The van der Waals surface area contributed by atoms with E-state index >= 15 is 0 Å². The first kappa shape index (κ1) is 21.6. The van der Waals surface area contributed by atoms with Crippen molar-refractivity contribution < 1.29 is 33.8 Å². The zero-order valence-corrected chi connectivity index (χ0v) is 15.6. The lowest BCUT2D eigenvalue weighted by Crippen LogP contribution is -2.42. The highest BCUT2D eigenvalue weighted by molar-refractivity contribution is 5.98. The van der Waals surface area contributed by atoms with Crippen LogP contribution in [0.3, 0.4) is 0 Å². The molecule has 0 aliphatic rings. The number of hydrogen-bond acceptors (Lipinski definition) is 6. The zero-order chi connectivity index (χ0) is 21.1. The minimum atomic E-state index is -1.25. The summed E-state index contributed by atoms with van der Waals surface area (Å²) in [5, 5.41) is 11.1. The van der Waals surface area contributed by atoms with E-state index in [2.05, 4.69) is 5.32 Å². The number of nitrogens with one attached hydrogen (secondary N) is 1. The summed E-state index contributed by atoms with van der Waals surface area (Å²) < 4.78 is 10.0. The summed E-state index contributed by atoms with van der Waals surface area (Å²) in [7, 11) is 0. The van der Waals surface area contributed by atoms with Crippen molar-refractivity contribution in [1.29, 1.82) is 0 Å². The summed E-state index contributed by atoms with van der Waals surface area (Å²) in [4.78, 5) is 47.1. The molecule has 0 spiro atoms. The van der Waals surface area contributed by atoms with Gasteiger partial charge in [-0.2, -0.15) is 0 Å². The van der Waals surface area contributed by atoms with Crippen molar-refractivity contribution in [2.24, 2.45) is 0 Å². The van der Waals surface area contributed by atoms with E-state index in [0.717, 1.165) is 5.56 Å². The van der Waals surface area contributed by atoms with Crippen molar-refractivity contribution in [2.75, 3.05) is 6.61 Å². The van der Waals surface area contributed by atoms with Crippen molar-refractivity contribution >= 4 is 23.8 Å². The van der Waals surface area contributed by atoms with Crippen LogP contribution in [0.15, 0.2) is 60.7 Å². The van der Waals surface area contributed by atoms with Gasteiger partial charge < -0.3 is 19.9 Å². The highest BCUT2D eigenvalue weighted by Gasteiger charge is 2.25. The highest BCUT2D eigenvalue weighted by atomic mass is 16.6. The molecule has 29 heavy (non-hydrogen) atoms. The fraction of sp³-hybridized carbons (Fsp3) is 0.238. The lowest BCUT2D eigenvalue weighted by Gasteiger charge is -2.17. The van der Waals surface area contributed by atoms with E-state index in [9.17, 15) is 19.2 Å². The quantitative estimate of drug-likeness (QED) is 0.465. The second-order valence-electron chi connectivity index (χ2n) is 6.09. The van der Waals surface area contributed by atoms with Gasteiger partial charge in [0.2, 0.25) is 0 Å². The number of Topliss-reactive ketones (excluding diaryl/α,β-unsaturated/α-hetero) is 1. The molecule has 0 saturated heterocycles. The normalized spacial score (nSPS) is 11.2. The van der Waals surface area contributed by atoms with Crippen molar-refractivity contribution in [3.05, 3.63) is 71.8 Å². The maximum absolute atomic E-state index is 12.3. The average Bonchev–Trinajstić information content (AvgIpc) is 2.74. The topological polar surface area (TPSA) is 119 Å². The van der Waals surface area contributed by atoms with Gasteiger partial charge in [-0.15, -0.1) is 0 Å². The predicted molar refractivity (Wildman–Crippen MR) is 102 cm³/mol. The largest absolute Gasteiger partial charge is 0.481 e. The molecule has 152 valence electrons. The number of aliphatic carboxylic acids is 1. The van der Waals surface area contributed by atoms with Crippen LogP contribution in [-0.2, 0) is 25.7 Å². The van der Waals surface area contributed by atoms with E-state index in [-0.39, 0.29) is 19.4 Å². The fourth-order valence-corrected chi connectivity index (χ4v) is 2.37. The Morgan fingerprint density at radius 3 is 2.14 bits per heavy atom. The molecule has 0 aliphatic heterocycles. The summed E-state index contributed by atoms with van der Waals surface area (Å²) in [6.07, 6.45) is -1.46. The number of rotatable bonds is 10. The first-order valence-corrected chi connectivity index (χ1v) is 8.89. The van der Waals surface area contributed by atoms with Crippen LogP contribution in [0.25, 0.3) is 0 Å². The van der Waals surface area contributed by atoms with Crippen LogP contribution < -0.4 is 5.32 Å². The number of benzene rings is 2. The Kier molecular flexibility index (Phi) is 8.37. The first-order valence-electron chi connectivity index (χ1n) is 8.89. The summed E-state index contributed by atoms with van der Waals surface area (Å²) in [6, 6.07) is 15.9. The molecular weight excluding hydrogens is 378 g/mol. The van der Waals surface area contributed by atoms with Crippen LogP contribution in [0.4, 0.5) is 4.79 Å². The Hall–Kier alpha value is -3.68. The summed E-state index contributed by atoms with van der Waals surface area (Å²) >= 11 is 0. The van der Waals surface area contributed by atoms with Gasteiger partial charge in [0.05, 0.1) is 0 Å². The lowest BCUT2D eigenvalue weighted by atomic mass is 10.1. The van der Waals surface area contributed by atoms with Crippen LogP contribution in [0.5, 0.6) is 0 Å². The molecule has 2 aromatic rings. The van der Waals surface area contributed by atoms with Crippen molar-refractivity contribution in [1.82, 2.24) is 5.32 Å². The van der Waals surface area contributed by atoms with Gasteiger partial charge in [0.1, 0.15) is 12.6 Å². The molecule has 0 fully saturated rings. The smallest absolute Gasteiger partial charge is 0.408 e. The van der Waals surface area contributed by atoms with E-state index in [1.807, 2.05) is 6.07 Å². The molecule has 0 aliphatic carbocycles. The average molecular weight is 399 g/mol. The number of ketones is 1. The maximum Gasteiger partial charge on any atom is 0.408 e. The Bertz CT molecular complexity index is 837. The second-order valence-corrected chi connectivity index (χ2v) is 6.09. The van der Waals surface area contributed by atoms with Gasteiger partial charge in [-0.3, -0.25) is 9.59 Å². The third-order valence-corrected chi connectivity index (χ3v) is 3.88. The lowest BCUT2D eigenvalue weighted by molar-refractivity contribution is -0.145. The van der Waals surface area contributed by atoms with Crippen LogP contribution in [-0.4, -0.2) is 41.6 Å². The number of carboxylic acid groups (broad SMARTS) is 1. The number of carbonyl (C=O) groups is 4. The Morgan fingerprint density at radius 1 is 0.897 bits per heavy atom. The SMILES string of the molecule is O=C(O)CC[C@H](NC(=O)OCc1ccccc1)C(=O)OCC(=O)c1ccccc1. The molecule has 2 aromatic carbocycles. The number of carboxylic acids is 1. The van der Waals surface area contributed by atoms with Crippen LogP contribution in [0.1, 0.15) is 28.8 Å². The van der Waals surface area contributed by atoms with Gasteiger partial charge in [-0.1, -0.05) is 60.7 Å². The zero-order valence-electron chi connectivity index (χ0n) is 15.6. The number of esters is 1. The predicted octanol–water partition coefficient (Wildman–Crippen LogP) is 2.57. The minimum Gasteiger partial charge on any atom is -0.481 e. The van der Waals surface area contributed by atoms with Gasteiger partial charge in [0.25, 0.3) is 0 Å². The Morgan fingerprint density at radius 2 is 1.52 bits per heavy atom. The summed E-state index contributed by atoms with van der Waals surface area (Å²) in [6.45, 7) is -0.535. The molecule has 1 atom stereocenters. The third kappa shape index (κ3) is 7.84. The molecule has 0 bridgehead atoms. The standard InChI is InChI=1S/C21H21NO7/c23-18(16-9-5-2-6-10-16)14-28-20(26)17(11-12-19(24)25)22-21(27)29-13-15-7-3-1-4-8-15/h1-10,17H,11-14H2,(H,22,27)(H,24,25)/t17-/m0/s1. The fourth-order valence-electron chi connectivity index (χ4n) is 2.37.